The van der Waals surface area contributed by atoms with E-state index in [0.717, 1.165) is 30.6 Å². The first-order valence-corrected chi connectivity index (χ1v) is 11.2. The van der Waals surface area contributed by atoms with Gasteiger partial charge in [0.2, 0.25) is 0 Å². The van der Waals surface area contributed by atoms with Gasteiger partial charge in [0.05, 0.1) is 13.7 Å². The Morgan fingerprint density at radius 1 is 0.821 bits per heavy atom. The molecule has 0 heterocycles. The summed E-state index contributed by atoms with van der Waals surface area (Å²) in [6.07, 6.45) is 13.6. The van der Waals surface area contributed by atoms with Crippen molar-refractivity contribution < 1.29 is 19.0 Å². The van der Waals surface area contributed by atoms with Crippen LogP contribution in [0.4, 0.5) is 0 Å². The molecule has 0 amide bonds. The van der Waals surface area contributed by atoms with Gasteiger partial charge in [0.1, 0.15) is 6.61 Å². The predicted molar refractivity (Wildman–Crippen MR) is 115 cm³/mol. The van der Waals surface area contributed by atoms with Crippen molar-refractivity contribution in [3.63, 3.8) is 0 Å². The fraction of sp³-hybridized carbons (Fsp3) is 0.708. The predicted octanol–water partition coefficient (Wildman–Crippen LogP) is 6.84. The van der Waals surface area contributed by atoms with Crippen LogP contribution in [0.3, 0.4) is 0 Å². The molecule has 1 rings (SSSR count). The molecule has 0 saturated carbocycles. The van der Waals surface area contributed by atoms with Crippen LogP contribution in [0.15, 0.2) is 18.2 Å². The minimum atomic E-state index is -0.122. The van der Waals surface area contributed by atoms with E-state index in [2.05, 4.69) is 13.8 Å². The molecule has 1 aromatic carbocycles. The highest BCUT2D eigenvalue weighted by atomic mass is 16.5. The Kier molecular flexibility index (Phi) is 14.1. The number of methoxy groups -OCH3 is 1. The molecule has 0 spiro atoms. The lowest BCUT2D eigenvalue weighted by Gasteiger charge is -2.12. The van der Waals surface area contributed by atoms with Crippen molar-refractivity contribution in [2.24, 2.45) is 0 Å². The van der Waals surface area contributed by atoms with Crippen LogP contribution >= 0.6 is 0 Å². The Hall–Kier alpha value is -1.71. The maximum absolute atomic E-state index is 11.9. The molecular weight excluding hydrogens is 352 g/mol. The van der Waals surface area contributed by atoms with E-state index in [1.807, 2.05) is 18.2 Å². The second kappa shape index (κ2) is 16.3. The molecule has 0 aliphatic heterocycles. The first-order valence-electron chi connectivity index (χ1n) is 11.2. The SMILES string of the molecule is CCCCCCCCCC(=O)OCc1ccc(OCCCCCC)c(OC)c1. The van der Waals surface area contributed by atoms with E-state index >= 15 is 0 Å². The molecule has 0 fully saturated rings. The number of unbranched alkanes of at least 4 members (excludes halogenated alkanes) is 9. The van der Waals surface area contributed by atoms with Crippen LogP contribution in [0.5, 0.6) is 11.5 Å². The minimum absolute atomic E-state index is 0.122. The highest BCUT2D eigenvalue weighted by Crippen LogP contribution is 2.28. The monoisotopic (exact) mass is 392 g/mol. The molecule has 0 radical (unpaired) electrons. The average Bonchev–Trinajstić information content (AvgIpc) is 2.71. The summed E-state index contributed by atoms with van der Waals surface area (Å²) in [7, 11) is 1.63. The zero-order valence-corrected chi connectivity index (χ0v) is 18.3. The van der Waals surface area contributed by atoms with Gasteiger partial charge in [0.25, 0.3) is 0 Å². The van der Waals surface area contributed by atoms with E-state index in [-0.39, 0.29) is 12.6 Å². The van der Waals surface area contributed by atoms with Crippen molar-refractivity contribution in [2.75, 3.05) is 13.7 Å². The molecule has 0 saturated heterocycles. The maximum atomic E-state index is 11.9. The smallest absolute Gasteiger partial charge is 0.306 e. The Morgan fingerprint density at radius 2 is 1.46 bits per heavy atom. The van der Waals surface area contributed by atoms with Gasteiger partial charge in [0.15, 0.2) is 11.5 Å². The van der Waals surface area contributed by atoms with Crippen molar-refractivity contribution in [1.82, 2.24) is 0 Å². The van der Waals surface area contributed by atoms with E-state index < -0.39 is 0 Å². The zero-order valence-electron chi connectivity index (χ0n) is 18.3. The fourth-order valence-electron chi connectivity index (χ4n) is 3.09. The van der Waals surface area contributed by atoms with E-state index in [1.165, 1.54) is 51.4 Å². The Bertz CT molecular complexity index is 527. The van der Waals surface area contributed by atoms with Gasteiger partial charge in [-0.3, -0.25) is 4.79 Å². The maximum Gasteiger partial charge on any atom is 0.306 e. The number of esters is 1. The number of benzene rings is 1. The van der Waals surface area contributed by atoms with Crippen LogP contribution in [0, 0.1) is 0 Å². The summed E-state index contributed by atoms with van der Waals surface area (Å²) in [5.41, 5.74) is 0.920. The molecule has 160 valence electrons. The van der Waals surface area contributed by atoms with Gasteiger partial charge < -0.3 is 14.2 Å². The number of carbonyl (C=O) groups excluding carboxylic acids is 1. The van der Waals surface area contributed by atoms with E-state index in [9.17, 15) is 4.79 Å². The van der Waals surface area contributed by atoms with Crippen LogP contribution in [-0.4, -0.2) is 19.7 Å². The second-order valence-corrected chi connectivity index (χ2v) is 7.43. The number of carbonyl (C=O) groups is 1. The molecule has 0 unspecified atom stereocenters. The highest BCUT2D eigenvalue weighted by Gasteiger charge is 2.08. The van der Waals surface area contributed by atoms with Crippen LogP contribution in [-0.2, 0) is 16.1 Å². The van der Waals surface area contributed by atoms with Crippen molar-refractivity contribution in [3.8, 4) is 11.5 Å². The van der Waals surface area contributed by atoms with Crippen LogP contribution in [0.25, 0.3) is 0 Å². The van der Waals surface area contributed by atoms with Crippen LogP contribution in [0.1, 0.15) is 96.5 Å². The molecule has 0 aliphatic carbocycles. The standard InChI is InChI=1S/C24H40O4/c1-4-6-8-10-11-12-13-15-24(25)28-20-21-16-17-22(23(19-21)26-3)27-18-14-9-7-5-2/h16-17,19H,4-15,18,20H2,1-3H3. The summed E-state index contributed by atoms with van der Waals surface area (Å²) in [5, 5.41) is 0. The first-order chi connectivity index (χ1) is 13.7. The summed E-state index contributed by atoms with van der Waals surface area (Å²) in [6, 6.07) is 5.73. The van der Waals surface area contributed by atoms with Gasteiger partial charge in [-0.05, 0) is 30.5 Å². The van der Waals surface area contributed by atoms with E-state index in [4.69, 9.17) is 14.2 Å². The van der Waals surface area contributed by atoms with Crippen molar-refractivity contribution >= 4 is 5.97 Å². The lowest BCUT2D eigenvalue weighted by Crippen LogP contribution is -2.05. The summed E-state index contributed by atoms with van der Waals surface area (Å²) < 4.78 is 16.7. The topological polar surface area (TPSA) is 44.8 Å². The van der Waals surface area contributed by atoms with Gasteiger partial charge in [0, 0.05) is 6.42 Å². The van der Waals surface area contributed by atoms with Gasteiger partial charge in [-0.2, -0.15) is 0 Å². The largest absolute Gasteiger partial charge is 0.493 e. The third-order valence-corrected chi connectivity index (χ3v) is 4.87. The summed E-state index contributed by atoms with van der Waals surface area (Å²) in [6.45, 7) is 5.40. The van der Waals surface area contributed by atoms with Gasteiger partial charge in [-0.15, -0.1) is 0 Å². The molecule has 1 aromatic rings. The van der Waals surface area contributed by atoms with Crippen molar-refractivity contribution in [1.29, 1.82) is 0 Å². The Balaban J connectivity index is 2.27. The number of ether oxygens (including phenoxy) is 3. The fourth-order valence-corrected chi connectivity index (χ4v) is 3.09. The summed E-state index contributed by atoms with van der Waals surface area (Å²) in [4.78, 5) is 11.9. The lowest BCUT2D eigenvalue weighted by molar-refractivity contribution is -0.145. The van der Waals surface area contributed by atoms with Crippen LogP contribution < -0.4 is 9.47 Å². The minimum Gasteiger partial charge on any atom is -0.493 e. The highest BCUT2D eigenvalue weighted by molar-refractivity contribution is 5.69. The molecule has 0 atom stereocenters. The van der Waals surface area contributed by atoms with Crippen LogP contribution in [0.2, 0.25) is 0 Å². The number of rotatable bonds is 17. The van der Waals surface area contributed by atoms with E-state index in [0.29, 0.717) is 18.8 Å². The van der Waals surface area contributed by atoms with Gasteiger partial charge in [-0.1, -0.05) is 77.7 Å². The molecule has 0 bridgehead atoms. The second-order valence-electron chi connectivity index (χ2n) is 7.43. The average molecular weight is 393 g/mol. The molecule has 0 aliphatic rings. The molecular formula is C24H40O4. The van der Waals surface area contributed by atoms with E-state index in [1.54, 1.807) is 7.11 Å². The number of hydrogen-bond acceptors (Lipinski definition) is 4. The Labute approximate surface area is 172 Å². The molecule has 4 heteroatoms. The lowest BCUT2D eigenvalue weighted by atomic mass is 10.1. The summed E-state index contributed by atoms with van der Waals surface area (Å²) in [5.74, 6) is 1.32. The zero-order chi connectivity index (χ0) is 20.5. The first kappa shape index (κ1) is 24.3. The Morgan fingerprint density at radius 3 is 2.14 bits per heavy atom. The van der Waals surface area contributed by atoms with Crippen molar-refractivity contribution in [2.45, 2.75) is 97.5 Å². The number of hydrogen-bond donors (Lipinski definition) is 0. The quantitative estimate of drug-likeness (QED) is 0.215. The third kappa shape index (κ3) is 11.2. The summed E-state index contributed by atoms with van der Waals surface area (Å²) >= 11 is 0. The molecule has 0 N–H and O–H groups in total. The molecule has 28 heavy (non-hydrogen) atoms. The van der Waals surface area contributed by atoms with Gasteiger partial charge in [-0.25, -0.2) is 0 Å². The molecule has 0 aromatic heterocycles. The van der Waals surface area contributed by atoms with Crippen molar-refractivity contribution in [3.05, 3.63) is 23.8 Å². The normalized spacial score (nSPS) is 10.7. The van der Waals surface area contributed by atoms with Gasteiger partial charge >= 0.3 is 5.97 Å². The third-order valence-electron chi connectivity index (χ3n) is 4.87. The molecule has 4 nitrogen and oxygen atoms in total.